The Morgan fingerprint density at radius 1 is 0.882 bits per heavy atom. The molecule has 1 aromatic heterocycles. The predicted octanol–water partition coefficient (Wildman–Crippen LogP) is 6.83. The molecule has 0 fully saturated rings. The van der Waals surface area contributed by atoms with Gasteiger partial charge in [-0.25, -0.2) is 14.6 Å². The monoisotopic (exact) mass is 464 g/mol. The molecule has 0 amide bonds. The van der Waals surface area contributed by atoms with Gasteiger partial charge in [0, 0.05) is 6.20 Å². The third-order valence-electron chi connectivity index (χ3n) is 6.00. The number of nitrogens with zero attached hydrogens (tertiary/aromatic N) is 2. The van der Waals surface area contributed by atoms with Gasteiger partial charge in [0.2, 0.25) is 0 Å². The van der Waals surface area contributed by atoms with Crippen molar-refractivity contribution in [1.29, 1.82) is 5.26 Å². The van der Waals surface area contributed by atoms with Crippen molar-refractivity contribution < 1.29 is 19.1 Å². The molecule has 1 unspecified atom stereocenters. The maximum absolute atomic E-state index is 12.4. The molecular weight excluding hydrogens is 428 g/mol. The summed E-state index contributed by atoms with van der Waals surface area (Å²) in [6.45, 7) is 5.53. The molecule has 0 spiro atoms. The average molecular weight is 465 g/mol. The lowest BCUT2D eigenvalue weighted by molar-refractivity contribution is -0.142. The minimum atomic E-state index is -1.20. The highest BCUT2D eigenvalue weighted by atomic mass is 16.5. The average Bonchev–Trinajstić information content (AvgIpc) is 2.86. The number of benzene rings is 1. The van der Waals surface area contributed by atoms with Crippen LogP contribution in [-0.2, 0) is 11.2 Å². The quantitative estimate of drug-likeness (QED) is 0.173. The van der Waals surface area contributed by atoms with Crippen molar-refractivity contribution in [2.24, 2.45) is 5.41 Å². The van der Waals surface area contributed by atoms with Crippen molar-refractivity contribution in [2.45, 2.75) is 85.0 Å². The summed E-state index contributed by atoms with van der Waals surface area (Å²) in [7, 11) is 0. The number of unbranched alkanes of at least 4 members (excludes halogenated alkanes) is 7. The molecule has 0 saturated carbocycles. The first kappa shape index (κ1) is 27.0. The lowest BCUT2D eigenvalue weighted by Crippen LogP contribution is -2.29. The van der Waals surface area contributed by atoms with E-state index < -0.39 is 17.4 Å². The second-order valence-electron chi connectivity index (χ2n) is 8.82. The summed E-state index contributed by atoms with van der Waals surface area (Å²) < 4.78 is 10.6. The third kappa shape index (κ3) is 8.62. The number of aryl methyl sites for hydroxylation is 1. The van der Waals surface area contributed by atoms with Crippen LogP contribution >= 0.6 is 0 Å². The van der Waals surface area contributed by atoms with Crippen molar-refractivity contribution >= 4 is 11.9 Å². The Hall–Kier alpha value is -3.20. The highest BCUT2D eigenvalue weighted by Gasteiger charge is 2.33. The van der Waals surface area contributed by atoms with Crippen LogP contribution in [-0.4, -0.2) is 16.9 Å². The van der Waals surface area contributed by atoms with Crippen LogP contribution in [0.2, 0.25) is 0 Å². The number of hydrogen-bond acceptors (Lipinski definition) is 6. The molecule has 34 heavy (non-hydrogen) atoms. The van der Waals surface area contributed by atoms with Crippen LogP contribution in [0.3, 0.4) is 0 Å². The lowest BCUT2D eigenvalue weighted by Gasteiger charge is -2.17. The Labute approximate surface area is 203 Å². The molecule has 6 nitrogen and oxygen atoms in total. The molecule has 0 bridgehead atoms. The van der Waals surface area contributed by atoms with Crippen LogP contribution in [0.1, 0.15) is 94.6 Å². The van der Waals surface area contributed by atoms with E-state index in [0.29, 0.717) is 12.2 Å². The normalized spacial score (nSPS) is 12.4. The third-order valence-corrected chi connectivity index (χ3v) is 6.00. The molecule has 0 N–H and O–H groups in total. The van der Waals surface area contributed by atoms with E-state index in [4.69, 9.17) is 9.47 Å². The maximum Gasteiger partial charge on any atom is 0.362 e. The molecule has 2 aromatic rings. The summed E-state index contributed by atoms with van der Waals surface area (Å²) in [5.41, 5.74) is 0.157. The summed E-state index contributed by atoms with van der Waals surface area (Å²) in [6, 6.07) is 11.7. The summed E-state index contributed by atoms with van der Waals surface area (Å²) >= 11 is 0. The van der Waals surface area contributed by atoms with Gasteiger partial charge in [-0.15, -0.1) is 0 Å². The molecule has 0 radical (unpaired) electrons. The van der Waals surface area contributed by atoms with Gasteiger partial charge < -0.3 is 9.47 Å². The lowest BCUT2D eigenvalue weighted by atomic mass is 9.90. The van der Waals surface area contributed by atoms with E-state index >= 15 is 0 Å². The number of esters is 2. The minimum Gasteiger partial charge on any atom is -0.425 e. The molecule has 1 heterocycles. The van der Waals surface area contributed by atoms with E-state index in [-0.39, 0.29) is 11.4 Å². The van der Waals surface area contributed by atoms with Gasteiger partial charge in [-0.05, 0) is 62.1 Å². The molecular formula is C28H36N2O4. The molecule has 182 valence electrons. The number of carbonyl (C=O) groups excluding carboxylic acids is 2. The van der Waals surface area contributed by atoms with Crippen LogP contribution in [0.15, 0.2) is 42.6 Å². The standard InChI is InChI=1S/C28H36N2O4/c1-4-6-7-8-9-10-11-12-13-22-14-19-25(30-20-22)26(31)33-23-15-17-24(18-16-23)34-27(32)28(3,5-2)21-29/h14-20H,4-13H2,1-3H3. The SMILES string of the molecule is CCCCCCCCCCc1ccc(C(=O)Oc2ccc(OC(=O)C(C)(C#N)CC)cc2)nc1. The van der Waals surface area contributed by atoms with Crippen molar-refractivity contribution in [3.05, 3.63) is 53.9 Å². The van der Waals surface area contributed by atoms with E-state index in [0.717, 1.165) is 18.4 Å². The first-order chi connectivity index (χ1) is 16.4. The first-order valence-corrected chi connectivity index (χ1v) is 12.3. The number of hydrogen-bond donors (Lipinski definition) is 0. The van der Waals surface area contributed by atoms with Gasteiger partial charge in [-0.1, -0.05) is 64.9 Å². The van der Waals surface area contributed by atoms with E-state index in [9.17, 15) is 14.9 Å². The first-order valence-electron chi connectivity index (χ1n) is 12.3. The van der Waals surface area contributed by atoms with Crippen molar-refractivity contribution in [3.63, 3.8) is 0 Å². The van der Waals surface area contributed by atoms with E-state index in [1.165, 1.54) is 69.2 Å². The summed E-state index contributed by atoms with van der Waals surface area (Å²) in [4.78, 5) is 28.8. The zero-order valence-corrected chi connectivity index (χ0v) is 20.6. The number of carbonyl (C=O) groups is 2. The van der Waals surface area contributed by atoms with Crippen LogP contribution in [0, 0.1) is 16.7 Å². The van der Waals surface area contributed by atoms with Gasteiger partial charge in [0.25, 0.3) is 0 Å². The Bertz CT molecular complexity index is 948. The molecule has 0 aliphatic carbocycles. The highest BCUT2D eigenvalue weighted by Crippen LogP contribution is 2.25. The zero-order valence-electron chi connectivity index (χ0n) is 20.6. The Morgan fingerprint density at radius 2 is 1.47 bits per heavy atom. The zero-order chi connectivity index (χ0) is 24.8. The van der Waals surface area contributed by atoms with Crippen molar-refractivity contribution in [1.82, 2.24) is 4.98 Å². The number of ether oxygens (including phenoxy) is 2. The van der Waals surface area contributed by atoms with Crippen LogP contribution in [0.25, 0.3) is 0 Å². The van der Waals surface area contributed by atoms with Crippen LogP contribution in [0.5, 0.6) is 11.5 Å². The number of nitriles is 1. The summed E-state index contributed by atoms with van der Waals surface area (Å²) in [5.74, 6) is -0.568. The molecule has 1 aromatic carbocycles. The van der Waals surface area contributed by atoms with Crippen molar-refractivity contribution in [3.8, 4) is 17.6 Å². The topological polar surface area (TPSA) is 89.3 Å². The second kappa shape index (κ2) is 14.1. The van der Waals surface area contributed by atoms with Gasteiger partial charge in [0.05, 0.1) is 6.07 Å². The molecule has 0 aliphatic heterocycles. The number of rotatable bonds is 14. The van der Waals surface area contributed by atoms with Gasteiger partial charge in [0.1, 0.15) is 17.2 Å². The van der Waals surface area contributed by atoms with Gasteiger partial charge >= 0.3 is 11.9 Å². The van der Waals surface area contributed by atoms with Gasteiger partial charge in [-0.3, -0.25) is 0 Å². The molecule has 1 atom stereocenters. The van der Waals surface area contributed by atoms with Gasteiger partial charge in [-0.2, -0.15) is 5.26 Å². The fourth-order valence-corrected chi connectivity index (χ4v) is 3.38. The Kier molecular flexibility index (Phi) is 11.3. The summed E-state index contributed by atoms with van der Waals surface area (Å²) in [6.07, 6.45) is 13.3. The largest absolute Gasteiger partial charge is 0.425 e. The molecule has 0 saturated heterocycles. The maximum atomic E-state index is 12.4. The number of pyridine rings is 1. The highest BCUT2D eigenvalue weighted by molar-refractivity contribution is 5.89. The fraction of sp³-hybridized carbons (Fsp3) is 0.500. The fourth-order valence-electron chi connectivity index (χ4n) is 3.38. The van der Waals surface area contributed by atoms with Crippen LogP contribution < -0.4 is 9.47 Å². The van der Waals surface area contributed by atoms with Gasteiger partial charge in [0.15, 0.2) is 5.41 Å². The Morgan fingerprint density at radius 3 is 2.00 bits per heavy atom. The van der Waals surface area contributed by atoms with E-state index in [2.05, 4.69) is 11.9 Å². The predicted molar refractivity (Wildman–Crippen MR) is 132 cm³/mol. The minimum absolute atomic E-state index is 0.239. The molecule has 6 heteroatoms. The summed E-state index contributed by atoms with van der Waals surface area (Å²) in [5, 5.41) is 9.19. The smallest absolute Gasteiger partial charge is 0.362 e. The molecule has 0 aliphatic rings. The van der Waals surface area contributed by atoms with Crippen molar-refractivity contribution in [2.75, 3.05) is 0 Å². The Balaban J connectivity index is 1.78. The van der Waals surface area contributed by atoms with Crippen LogP contribution in [0.4, 0.5) is 0 Å². The molecule has 2 rings (SSSR count). The second-order valence-corrected chi connectivity index (χ2v) is 8.82. The van der Waals surface area contributed by atoms with E-state index in [1.807, 2.05) is 12.1 Å². The number of aromatic nitrogens is 1. The van der Waals surface area contributed by atoms with E-state index in [1.54, 1.807) is 26.1 Å².